The lowest BCUT2D eigenvalue weighted by atomic mass is 10.2. The van der Waals surface area contributed by atoms with E-state index in [9.17, 15) is 4.79 Å². The van der Waals surface area contributed by atoms with Crippen molar-refractivity contribution in [3.63, 3.8) is 0 Å². The Morgan fingerprint density at radius 2 is 1.93 bits per heavy atom. The van der Waals surface area contributed by atoms with Crippen molar-refractivity contribution in [2.24, 2.45) is 0 Å². The summed E-state index contributed by atoms with van der Waals surface area (Å²) in [4.78, 5) is 13.9. The lowest BCUT2D eigenvalue weighted by Crippen LogP contribution is -2.40. The highest BCUT2D eigenvalue weighted by atomic mass is 127. The topological polar surface area (TPSA) is 29.5 Å². The third kappa shape index (κ3) is 2.49. The molecule has 1 fully saturated rings. The summed E-state index contributed by atoms with van der Waals surface area (Å²) in [5, 5.41) is 0. The van der Waals surface area contributed by atoms with Crippen LogP contribution in [-0.2, 0) is 4.74 Å². The van der Waals surface area contributed by atoms with E-state index in [0.29, 0.717) is 26.3 Å². The number of amides is 1. The number of carbonyl (C=O) groups excluding carboxylic acids is 1. The number of benzene rings is 1. The molecule has 0 N–H and O–H groups in total. The van der Waals surface area contributed by atoms with Crippen LogP contribution in [0.1, 0.15) is 10.4 Å². The summed E-state index contributed by atoms with van der Waals surface area (Å²) >= 11 is 2.19. The third-order valence-corrected chi connectivity index (χ3v) is 3.34. The normalized spacial score (nSPS) is 16.5. The number of hydrogen-bond acceptors (Lipinski definition) is 2. The molecule has 0 radical (unpaired) electrons. The molecule has 0 unspecified atom stereocenters. The molecule has 80 valence electrons. The number of hydrogen-bond donors (Lipinski definition) is 0. The van der Waals surface area contributed by atoms with Gasteiger partial charge in [-0.15, -0.1) is 0 Å². The van der Waals surface area contributed by atoms with Crippen LogP contribution < -0.4 is 0 Å². The van der Waals surface area contributed by atoms with Gasteiger partial charge in [-0.3, -0.25) is 4.79 Å². The van der Waals surface area contributed by atoms with Gasteiger partial charge in [0.15, 0.2) is 0 Å². The molecule has 1 saturated heterocycles. The second kappa shape index (κ2) is 4.94. The van der Waals surface area contributed by atoms with Crippen molar-refractivity contribution in [1.29, 1.82) is 0 Å². The number of ether oxygens (including phenoxy) is 1. The molecular formula is C11H12INO2. The average Bonchev–Trinajstić information content (AvgIpc) is 2.30. The van der Waals surface area contributed by atoms with E-state index in [1.165, 1.54) is 0 Å². The number of rotatable bonds is 1. The number of nitrogens with zero attached hydrogens (tertiary/aromatic N) is 1. The average molecular weight is 317 g/mol. The van der Waals surface area contributed by atoms with Crippen molar-refractivity contribution in [3.05, 3.63) is 33.4 Å². The predicted molar refractivity (Wildman–Crippen MR) is 65.9 cm³/mol. The molecule has 1 aliphatic rings. The van der Waals surface area contributed by atoms with E-state index in [1.54, 1.807) is 0 Å². The Hall–Kier alpha value is -0.620. The van der Waals surface area contributed by atoms with Crippen LogP contribution in [0.3, 0.4) is 0 Å². The van der Waals surface area contributed by atoms with Gasteiger partial charge in [0.05, 0.1) is 18.8 Å². The van der Waals surface area contributed by atoms with E-state index in [-0.39, 0.29) is 5.91 Å². The number of carbonyl (C=O) groups is 1. The van der Waals surface area contributed by atoms with Crippen molar-refractivity contribution in [2.75, 3.05) is 26.3 Å². The van der Waals surface area contributed by atoms with Crippen LogP contribution in [0.25, 0.3) is 0 Å². The lowest BCUT2D eigenvalue weighted by Gasteiger charge is -2.27. The maximum atomic E-state index is 12.1. The maximum Gasteiger partial charge on any atom is 0.255 e. The highest BCUT2D eigenvalue weighted by molar-refractivity contribution is 14.1. The summed E-state index contributed by atoms with van der Waals surface area (Å²) in [5.74, 6) is 0.114. The zero-order valence-corrected chi connectivity index (χ0v) is 10.4. The van der Waals surface area contributed by atoms with Crippen LogP contribution in [0.2, 0.25) is 0 Å². The lowest BCUT2D eigenvalue weighted by molar-refractivity contribution is 0.0302. The maximum absolute atomic E-state index is 12.1. The van der Waals surface area contributed by atoms with Crippen LogP contribution in [0.5, 0.6) is 0 Å². The molecule has 2 rings (SSSR count). The molecular weight excluding hydrogens is 305 g/mol. The van der Waals surface area contributed by atoms with Crippen molar-refractivity contribution in [2.45, 2.75) is 0 Å². The minimum absolute atomic E-state index is 0.114. The van der Waals surface area contributed by atoms with E-state index in [1.807, 2.05) is 29.2 Å². The monoisotopic (exact) mass is 317 g/mol. The van der Waals surface area contributed by atoms with Crippen molar-refractivity contribution >= 4 is 28.5 Å². The molecule has 0 bridgehead atoms. The first-order chi connectivity index (χ1) is 7.29. The van der Waals surface area contributed by atoms with Gasteiger partial charge in [0.1, 0.15) is 0 Å². The van der Waals surface area contributed by atoms with E-state index >= 15 is 0 Å². The fraction of sp³-hybridized carbons (Fsp3) is 0.364. The molecule has 4 heteroatoms. The SMILES string of the molecule is O=C(c1ccccc1I)N1CCOCC1. The highest BCUT2D eigenvalue weighted by Crippen LogP contribution is 2.14. The standard InChI is InChI=1S/C11H12INO2/c12-10-4-2-1-3-9(10)11(14)13-5-7-15-8-6-13/h1-4H,5-8H2. The second-order valence-corrected chi connectivity index (χ2v) is 4.55. The van der Waals surface area contributed by atoms with Gasteiger partial charge in [-0.25, -0.2) is 0 Å². The van der Waals surface area contributed by atoms with Crippen molar-refractivity contribution in [3.8, 4) is 0 Å². The summed E-state index contributed by atoms with van der Waals surface area (Å²) in [6.07, 6.45) is 0. The van der Waals surface area contributed by atoms with Crippen LogP contribution >= 0.6 is 22.6 Å². The molecule has 0 aromatic heterocycles. The molecule has 0 aliphatic carbocycles. The van der Waals surface area contributed by atoms with Crippen LogP contribution in [0, 0.1) is 3.57 Å². The Bertz CT molecular complexity index is 361. The quantitative estimate of drug-likeness (QED) is 0.739. The first-order valence-corrected chi connectivity index (χ1v) is 5.98. The Labute approximate surface area is 103 Å². The summed E-state index contributed by atoms with van der Waals surface area (Å²) in [6.45, 7) is 2.69. The fourth-order valence-corrected chi connectivity index (χ4v) is 2.19. The zero-order chi connectivity index (χ0) is 10.7. The fourth-order valence-electron chi connectivity index (χ4n) is 1.57. The third-order valence-electron chi connectivity index (χ3n) is 2.40. The number of halogens is 1. The Morgan fingerprint density at radius 1 is 1.27 bits per heavy atom. The highest BCUT2D eigenvalue weighted by Gasteiger charge is 2.19. The van der Waals surface area contributed by atoms with Crippen LogP contribution in [-0.4, -0.2) is 37.1 Å². The molecule has 1 aromatic rings. The van der Waals surface area contributed by atoms with Gasteiger partial charge in [0.25, 0.3) is 5.91 Å². The van der Waals surface area contributed by atoms with Crippen LogP contribution in [0.15, 0.2) is 24.3 Å². The molecule has 1 aliphatic heterocycles. The van der Waals surface area contributed by atoms with Gasteiger partial charge in [0, 0.05) is 16.7 Å². The largest absolute Gasteiger partial charge is 0.378 e. The van der Waals surface area contributed by atoms with Crippen molar-refractivity contribution in [1.82, 2.24) is 4.90 Å². The smallest absolute Gasteiger partial charge is 0.255 e. The van der Waals surface area contributed by atoms with Gasteiger partial charge >= 0.3 is 0 Å². The van der Waals surface area contributed by atoms with E-state index < -0.39 is 0 Å². The van der Waals surface area contributed by atoms with Gasteiger partial charge in [0.2, 0.25) is 0 Å². The predicted octanol–water partition coefficient (Wildman–Crippen LogP) is 1.76. The van der Waals surface area contributed by atoms with Crippen molar-refractivity contribution < 1.29 is 9.53 Å². The summed E-state index contributed by atoms with van der Waals surface area (Å²) in [7, 11) is 0. The minimum Gasteiger partial charge on any atom is -0.378 e. The molecule has 1 aromatic carbocycles. The number of morpholine rings is 1. The summed E-state index contributed by atoms with van der Waals surface area (Å²) in [6, 6.07) is 7.67. The molecule has 1 amide bonds. The molecule has 0 atom stereocenters. The van der Waals surface area contributed by atoms with Crippen LogP contribution in [0.4, 0.5) is 0 Å². The molecule has 15 heavy (non-hydrogen) atoms. The summed E-state index contributed by atoms with van der Waals surface area (Å²) in [5.41, 5.74) is 0.792. The Balaban J connectivity index is 2.16. The first kappa shape index (κ1) is 10.9. The van der Waals surface area contributed by atoms with E-state index in [2.05, 4.69) is 22.6 Å². The summed E-state index contributed by atoms with van der Waals surface area (Å²) < 4.78 is 6.23. The molecule has 0 saturated carbocycles. The van der Waals surface area contributed by atoms with Gasteiger partial charge < -0.3 is 9.64 Å². The van der Waals surface area contributed by atoms with E-state index in [4.69, 9.17) is 4.74 Å². The minimum atomic E-state index is 0.114. The Morgan fingerprint density at radius 3 is 2.60 bits per heavy atom. The Kier molecular flexibility index (Phi) is 3.58. The van der Waals surface area contributed by atoms with Gasteiger partial charge in [-0.2, -0.15) is 0 Å². The molecule has 1 heterocycles. The molecule has 3 nitrogen and oxygen atoms in total. The first-order valence-electron chi connectivity index (χ1n) is 4.90. The van der Waals surface area contributed by atoms with Gasteiger partial charge in [-0.1, -0.05) is 12.1 Å². The zero-order valence-electron chi connectivity index (χ0n) is 8.28. The van der Waals surface area contributed by atoms with E-state index in [0.717, 1.165) is 9.13 Å². The van der Waals surface area contributed by atoms with Gasteiger partial charge in [-0.05, 0) is 34.7 Å². The second-order valence-electron chi connectivity index (χ2n) is 3.38. The molecule has 0 spiro atoms.